The maximum atomic E-state index is 12.7. The summed E-state index contributed by atoms with van der Waals surface area (Å²) in [4.78, 5) is 84.2. The standard InChI is InChI=1S/C26H36N4O7.C4H10N2O.C3H9N/c1-6-23(34)37-14-17-7-9-18(10-8-17)28-20(31)12-27-25(35)24(16(4)5)29-21(32)13-30-22(33)11-19(15(2)3)26(30)36;1-2-3-6-4(5)7;1-2-3-4/h7-10,15-16,19,24H,6,11-14H2,1-5H3,(H,27,35)(H,28,31)(H,29,32);2-3H2,1H3,(H3,5,6,7);2-4H2,1H3. The van der Waals surface area contributed by atoms with Crippen molar-refractivity contribution >= 4 is 47.2 Å². The summed E-state index contributed by atoms with van der Waals surface area (Å²) in [7, 11) is 0. The number of likely N-dealkylation sites (tertiary alicyclic amines) is 1. The second-order valence-electron chi connectivity index (χ2n) is 11.7. The molecule has 0 aliphatic carbocycles. The zero-order chi connectivity index (χ0) is 36.8. The lowest BCUT2D eigenvalue weighted by molar-refractivity contribution is -0.145. The van der Waals surface area contributed by atoms with Crippen molar-refractivity contribution in [3.8, 4) is 0 Å². The smallest absolute Gasteiger partial charge is 0.312 e. The Hall–Kier alpha value is -4.53. The van der Waals surface area contributed by atoms with Gasteiger partial charge in [-0.2, -0.15) is 0 Å². The minimum atomic E-state index is -0.959. The van der Waals surface area contributed by atoms with Gasteiger partial charge in [0.25, 0.3) is 0 Å². The number of ether oxygens (including phenoxy) is 1. The molecule has 1 aliphatic rings. The van der Waals surface area contributed by atoms with Gasteiger partial charge >= 0.3 is 12.0 Å². The number of esters is 1. The molecule has 1 fully saturated rings. The number of nitrogens with zero attached hydrogens (tertiary/aromatic N) is 1. The van der Waals surface area contributed by atoms with Crippen LogP contribution in [0.2, 0.25) is 0 Å². The average Bonchev–Trinajstić information content (AvgIpc) is 3.33. The van der Waals surface area contributed by atoms with E-state index < -0.39 is 48.2 Å². The zero-order valence-electron chi connectivity index (χ0n) is 29.4. The minimum absolute atomic E-state index is 0.0201. The molecule has 270 valence electrons. The van der Waals surface area contributed by atoms with Gasteiger partial charge in [-0.05, 0) is 48.9 Å². The molecule has 7 amide bonds. The number of hydrogen-bond acceptors (Lipinski definition) is 9. The Balaban J connectivity index is 0.00000172. The first-order valence-electron chi connectivity index (χ1n) is 16.3. The highest BCUT2D eigenvalue weighted by molar-refractivity contribution is 6.06. The van der Waals surface area contributed by atoms with Crippen LogP contribution >= 0.6 is 0 Å². The summed E-state index contributed by atoms with van der Waals surface area (Å²) in [6.45, 7) is 13.7. The Morgan fingerprint density at radius 1 is 0.938 bits per heavy atom. The molecule has 15 heteroatoms. The Kier molecular flexibility index (Phi) is 21.5. The SMILES string of the molecule is CCC(=O)OCc1ccc(NC(=O)CNC(=O)C(NC(=O)CN2C(=O)CC(C(C)C)C2=O)C(C)C)cc1.CCCN.CCCNC(N)=O. The van der Waals surface area contributed by atoms with Crippen LogP contribution in [-0.4, -0.2) is 78.7 Å². The molecule has 1 aromatic rings. The van der Waals surface area contributed by atoms with E-state index in [1.165, 1.54) is 0 Å². The molecule has 0 aromatic heterocycles. The van der Waals surface area contributed by atoms with E-state index in [1.54, 1.807) is 45.0 Å². The van der Waals surface area contributed by atoms with Gasteiger partial charge in [-0.25, -0.2) is 4.79 Å². The molecule has 1 heterocycles. The van der Waals surface area contributed by atoms with Crippen molar-refractivity contribution in [2.75, 3.05) is 31.5 Å². The third kappa shape index (κ3) is 17.4. The normalized spacial score (nSPS) is 14.2. The third-order valence-corrected chi connectivity index (χ3v) is 6.84. The number of nitrogens with two attached hydrogens (primary N) is 2. The van der Waals surface area contributed by atoms with E-state index in [1.807, 2.05) is 20.8 Å². The fourth-order valence-electron chi connectivity index (χ4n) is 3.97. The summed E-state index contributed by atoms with van der Waals surface area (Å²) in [5.74, 6) is -3.54. The predicted octanol–water partition coefficient (Wildman–Crippen LogP) is 1.79. The summed E-state index contributed by atoms with van der Waals surface area (Å²) >= 11 is 0. The van der Waals surface area contributed by atoms with Gasteiger partial charge in [0.2, 0.25) is 29.5 Å². The number of benzene rings is 1. The van der Waals surface area contributed by atoms with Crippen molar-refractivity contribution in [1.29, 1.82) is 0 Å². The molecule has 0 radical (unpaired) electrons. The highest BCUT2D eigenvalue weighted by atomic mass is 16.5. The Morgan fingerprint density at radius 2 is 1.54 bits per heavy atom. The highest BCUT2D eigenvalue weighted by Crippen LogP contribution is 2.26. The van der Waals surface area contributed by atoms with Crippen LogP contribution in [0.3, 0.4) is 0 Å². The van der Waals surface area contributed by atoms with Crippen molar-refractivity contribution in [3.05, 3.63) is 29.8 Å². The van der Waals surface area contributed by atoms with Gasteiger partial charge in [-0.3, -0.25) is 33.7 Å². The molecular formula is C33H55N7O8. The van der Waals surface area contributed by atoms with Crippen molar-refractivity contribution in [2.24, 2.45) is 29.2 Å². The number of hydrogen-bond donors (Lipinski definition) is 6. The van der Waals surface area contributed by atoms with E-state index in [-0.39, 0.29) is 49.7 Å². The van der Waals surface area contributed by atoms with Gasteiger partial charge in [0.15, 0.2) is 0 Å². The van der Waals surface area contributed by atoms with Gasteiger partial charge in [0, 0.05) is 31.0 Å². The van der Waals surface area contributed by atoms with E-state index in [0.29, 0.717) is 12.2 Å². The molecule has 2 rings (SSSR count). The Morgan fingerprint density at radius 3 is 1.98 bits per heavy atom. The molecule has 1 aliphatic heterocycles. The molecule has 1 saturated heterocycles. The summed E-state index contributed by atoms with van der Waals surface area (Å²) < 4.78 is 5.05. The van der Waals surface area contributed by atoms with E-state index in [2.05, 4.69) is 28.2 Å². The average molecular weight is 678 g/mol. The first-order valence-corrected chi connectivity index (χ1v) is 16.3. The Labute approximate surface area is 283 Å². The van der Waals surface area contributed by atoms with Gasteiger partial charge < -0.3 is 37.5 Å². The summed E-state index contributed by atoms with van der Waals surface area (Å²) in [6.07, 6.45) is 2.39. The van der Waals surface area contributed by atoms with Crippen LogP contribution in [0.25, 0.3) is 0 Å². The molecule has 8 N–H and O–H groups in total. The molecule has 48 heavy (non-hydrogen) atoms. The fourth-order valence-corrected chi connectivity index (χ4v) is 3.97. The van der Waals surface area contributed by atoms with Crippen molar-refractivity contribution < 1.29 is 38.3 Å². The molecule has 0 spiro atoms. The van der Waals surface area contributed by atoms with Gasteiger partial charge in [0.1, 0.15) is 19.2 Å². The van der Waals surface area contributed by atoms with Crippen LogP contribution in [0, 0.1) is 17.8 Å². The lowest BCUT2D eigenvalue weighted by Crippen LogP contribution is -2.53. The van der Waals surface area contributed by atoms with Crippen LogP contribution in [0.5, 0.6) is 0 Å². The zero-order valence-corrected chi connectivity index (χ0v) is 29.4. The van der Waals surface area contributed by atoms with Crippen LogP contribution in [-0.2, 0) is 40.1 Å². The van der Waals surface area contributed by atoms with E-state index in [4.69, 9.17) is 16.2 Å². The summed E-state index contributed by atoms with van der Waals surface area (Å²) in [5, 5.41) is 10.2. The van der Waals surface area contributed by atoms with E-state index in [0.717, 1.165) is 29.8 Å². The number of amides is 7. The quantitative estimate of drug-likeness (QED) is 0.117. The Bertz CT molecular complexity index is 1200. The number of carbonyl (C=O) groups excluding carboxylic acids is 7. The number of urea groups is 1. The first kappa shape index (κ1) is 43.5. The monoisotopic (exact) mass is 677 g/mol. The molecule has 15 nitrogen and oxygen atoms in total. The van der Waals surface area contributed by atoms with Crippen LogP contribution in [0.4, 0.5) is 10.5 Å². The lowest BCUT2D eigenvalue weighted by atomic mass is 9.94. The maximum absolute atomic E-state index is 12.7. The van der Waals surface area contributed by atoms with Crippen molar-refractivity contribution in [1.82, 2.24) is 20.9 Å². The van der Waals surface area contributed by atoms with Crippen molar-refractivity contribution in [2.45, 2.75) is 86.8 Å². The van der Waals surface area contributed by atoms with Gasteiger partial charge in [0.05, 0.1) is 6.54 Å². The second-order valence-corrected chi connectivity index (χ2v) is 11.7. The molecule has 1 aromatic carbocycles. The van der Waals surface area contributed by atoms with Crippen molar-refractivity contribution in [3.63, 3.8) is 0 Å². The number of nitrogens with one attached hydrogen (secondary N) is 4. The number of carbonyl (C=O) groups is 7. The van der Waals surface area contributed by atoms with Crippen LogP contribution in [0.15, 0.2) is 24.3 Å². The molecule has 0 saturated carbocycles. The topological polar surface area (TPSA) is 232 Å². The number of primary amides is 1. The summed E-state index contributed by atoms with van der Waals surface area (Å²) in [5.41, 5.74) is 11.0. The predicted molar refractivity (Wildman–Crippen MR) is 182 cm³/mol. The van der Waals surface area contributed by atoms with E-state index >= 15 is 0 Å². The summed E-state index contributed by atoms with van der Waals surface area (Å²) in [6, 6.07) is 5.32. The number of rotatable bonds is 15. The third-order valence-electron chi connectivity index (χ3n) is 6.84. The van der Waals surface area contributed by atoms with Gasteiger partial charge in [-0.1, -0.05) is 60.6 Å². The molecule has 0 bridgehead atoms. The van der Waals surface area contributed by atoms with Crippen LogP contribution in [0.1, 0.15) is 79.7 Å². The maximum Gasteiger partial charge on any atom is 0.312 e. The molecular weight excluding hydrogens is 622 g/mol. The molecule has 2 atom stereocenters. The van der Waals surface area contributed by atoms with E-state index in [9.17, 15) is 33.6 Å². The first-order chi connectivity index (χ1) is 22.6. The second kappa shape index (κ2) is 23.7. The minimum Gasteiger partial charge on any atom is -0.461 e. The number of imide groups is 1. The molecule has 2 unspecified atom stereocenters. The lowest BCUT2D eigenvalue weighted by Gasteiger charge is -2.23. The largest absolute Gasteiger partial charge is 0.461 e. The highest BCUT2D eigenvalue weighted by Gasteiger charge is 2.41. The van der Waals surface area contributed by atoms with Crippen LogP contribution < -0.4 is 32.7 Å². The number of anilines is 1. The fraction of sp³-hybridized carbons (Fsp3) is 0.606. The van der Waals surface area contributed by atoms with Gasteiger partial charge in [-0.15, -0.1) is 0 Å².